The van der Waals surface area contributed by atoms with Crippen LogP contribution in [0.15, 0.2) is 56.7 Å². The molecule has 2 aromatic rings. The fourth-order valence-corrected chi connectivity index (χ4v) is 3.35. The first-order valence-electron chi connectivity index (χ1n) is 5.56. The molecule has 0 amide bonds. The third-order valence-electron chi connectivity index (χ3n) is 2.43. The maximum atomic E-state index is 6.16. The fourth-order valence-electron chi connectivity index (χ4n) is 1.59. The Hall–Kier alpha value is -0.480. The number of hydrogen-bond acceptors (Lipinski definition) is 2. The summed E-state index contributed by atoms with van der Waals surface area (Å²) in [7, 11) is 1.94. The second-order valence-corrected chi connectivity index (χ2v) is 6.17. The summed E-state index contributed by atoms with van der Waals surface area (Å²) in [5.74, 6) is 0. The molecule has 2 aromatic carbocycles. The van der Waals surface area contributed by atoms with E-state index < -0.39 is 0 Å². The van der Waals surface area contributed by atoms with Crippen molar-refractivity contribution in [2.45, 2.75) is 16.3 Å². The normalized spacial score (nSPS) is 10.6. The summed E-state index contributed by atoms with van der Waals surface area (Å²) in [4.78, 5) is 2.24. The average Bonchev–Trinajstić information content (AvgIpc) is 2.35. The van der Waals surface area contributed by atoms with Gasteiger partial charge in [0.25, 0.3) is 0 Å². The van der Waals surface area contributed by atoms with Gasteiger partial charge in [-0.1, -0.05) is 41.6 Å². The minimum atomic E-state index is 0.786. The third kappa shape index (κ3) is 3.51. The van der Waals surface area contributed by atoms with Crippen molar-refractivity contribution in [2.24, 2.45) is 0 Å². The Labute approximate surface area is 125 Å². The van der Waals surface area contributed by atoms with Crippen molar-refractivity contribution in [2.75, 3.05) is 7.05 Å². The van der Waals surface area contributed by atoms with Crippen molar-refractivity contribution in [3.05, 3.63) is 57.5 Å². The van der Waals surface area contributed by atoms with Gasteiger partial charge in [0.2, 0.25) is 0 Å². The number of rotatable bonds is 4. The molecule has 94 valence electrons. The second-order valence-electron chi connectivity index (χ2n) is 3.83. The van der Waals surface area contributed by atoms with Crippen LogP contribution in [0, 0.1) is 0 Å². The smallest absolute Gasteiger partial charge is 0.0545 e. The Balaban J connectivity index is 2.22. The van der Waals surface area contributed by atoms with Crippen LogP contribution in [0.4, 0.5) is 0 Å². The highest BCUT2D eigenvalue weighted by Crippen LogP contribution is 2.37. The molecule has 0 aromatic heterocycles. The van der Waals surface area contributed by atoms with Crippen molar-refractivity contribution in [3.8, 4) is 0 Å². The van der Waals surface area contributed by atoms with E-state index in [1.165, 1.54) is 10.5 Å². The molecule has 4 heteroatoms. The van der Waals surface area contributed by atoms with Crippen LogP contribution < -0.4 is 5.32 Å². The third-order valence-corrected chi connectivity index (χ3v) is 4.95. The van der Waals surface area contributed by atoms with Gasteiger partial charge in [-0.2, -0.15) is 0 Å². The predicted octanol–water partition coefficient (Wildman–Crippen LogP) is 4.97. The van der Waals surface area contributed by atoms with Crippen LogP contribution in [0.25, 0.3) is 0 Å². The molecule has 0 atom stereocenters. The molecule has 0 radical (unpaired) electrons. The van der Waals surface area contributed by atoms with Gasteiger partial charge in [-0.15, -0.1) is 0 Å². The molecule has 0 spiro atoms. The van der Waals surface area contributed by atoms with Gasteiger partial charge >= 0.3 is 0 Å². The number of nitrogens with one attached hydrogen (secondary N) is 1. The summed E-state index contributed by atoms with van der Waals surface area (Å²) in [5, 5.41) is 3.93. The molecule has 0 heterocycles. The Morgan fingerprint density at radius 2 is 1.94 bits per heavy atom. The summed E-state index contributed by atoms with van der Waals surface area (Å²) in [5.41, 5.74) is 1.26. The van der Waals surface area contributed by atoms with Crippen LogP contribution in [0.5, 0.6) is 0 Å². The summed E-state index contributed by atoms with van der Waals surface area (Å²) in [6.45, 7) is 0.871. The van der Waals surface area contributed by atoms with Crippen molar-refractivity contribution < 1.29 is 0 Å². The molecule has 0 fully saturated rings. The molecule has 0 aliphatic carbocycles. The average molecular weight is 343 g/mol. The Kier molecular flexibility index (Phi) is 5.13. The largest absolute Gasteiger partial charge is 0.316 e. The summed E-state index contributed by atoms with van der Waals surface area (Å²) >= 11 is 11.4. The van der Waals surface area contributed by atoms with Gasteiger partial charge < -0.3 is 5.32 Å². The van der Waals surface area contributed by atoms with Crippen molar-refractivity contribution in [1.29, 1.82) is 0 Å². The van der Waals surface area contributed by atoms with E-state index in [2.05, 4.69) is 39.4 Å². The van der Waals surface area contributed by atoms with Crippen LogP contribution >= 0.6 is 39.3 Å². The Morgan fingerprint density at radius 3 is 2.61 bits per heavy atom. The highest BCUT2D eigenvalue weighted by atomic mass is 79.9. The summed E-state index contributed by atoms with van der Waals surface area (Å²) < 4.78 is 1.10. The molecule has 2 rings (SSSR count). The van der Waals surface area contributed by atoms with Gasteiger partial charge in [0.15, 0.2) is 0 Å². The van der Waals surface area contributed by atoms with E-state index in [1.807, 2.05) is 31.3 Å². The highest BCUT2D eigenvalue weighted by Gasteiger charge is 2.06. The Bertz CT molecular complexity index is 545. The zero-order valence-electron chi connectivity index (χ0n) is 9.91. The summed E-state index contributed by atoms with van der Waals surface area (Å²) in [6, 6.07) is 14.3. The molecule has 0 saturated heterocycles. The van der Waals surface area contributed by atoms with Crippen molar-refractivity contribution in [3.63, 3.8) is 0 Å². The van der Waals surface area contributed by atoms with Gasteiger partial charge in [0.1, 0.15) is 0 Å². The molecular formula is C14H13BrClNS. The number of benzene rings is 2. The maximum absolute atomic E-state index is 6.16. The van der Waals surface area contributed by atoms with Gasteiger partial charge in [0, 0.05) is 20.8 Å². The molecule has 0 unspecified atom stereocenters. The lowest BCUT2D eigenvalue weighted by molar-refractivity contribution is 0.816. The van der Waals surface area contributed by atoms with E-state index in [1.54, 1.807) is 11.8 Å². The van der Waals surface area contributed by atoms with E-state index in [0.29, 0.717) is 0 Å². The van der Waals surface area contributed by atoms with Gasteiger partial charge in [-0.25, -0.2) is 0 Å². The molecular weight excluding hydrogens is 330 g/mol. The standard InChI is InChI=1S/C14H13BrClNS/c1-17-9-10-6-7-13(11(15)8-10)18-14-5-3-2-4-12(14)16/h2-8,17H,9H2,1H3. The van der Waals surface area contributed by atoms with Crippen molar-refractivity contribution >= 4 is 39.3 Å². The zero-order valence-corrected chi connectivity index (χ0v) is 13.1. The number of halogens is 2. The van der Waals surface area contributed by atoms with Crippen molar-refractivity contribution in [1.82, 2.24) is 5.32 Å². The van der Waals surface area contributed by atoms with Crippen LogP contribution in [-0.2, 0) is 6.54 Å². The van der Waals surface area contributed by atoms with Gasteiger partial charge in [0.05, 0.1) is 5.02 Å². The molecule has 0 saturated carbocycles. The minimum absolute atomic E-state index is 0.786. The van der Waals surface area contributed by atoms with E-state index in [-0.39, 0.29) is 0 Å². The lowest BCUT2D eigenvalue weighted by Crippen LogP contribution is -2.04. The van der Waals surface area contributed by atoms with Gasteiger partial charge in [-0.05, 0) is 52.8 Å². The van der Waals surface area contributed by atoms with E-state index in [9.17, 15) is 0 Å². The van der Waals surface area contributed by atoms with Gasteiger partial charge in [-0.3, -0.25) is 0 Å². The second kappa shape index (κ2) is 6.62. The predicted molar refractivity (Wildman–Crippen MR) is 82.5 cm³/mol. The van der Waals surface area contributed by atoms with E-state index >= 15 is 0 Å². The first-order chi connectivity index (χ1) is 8.70. The molecule has 1 N–H and O–H groups in total. The quantitative estimate of drug-likeness (QED) is 0.841. The summed E-state index contributed by atoms with van der Waals surface area (Å²) in [6.07, 6.45) is 0. The van der Waals surface area contributed by atoms with Crippen LogP contribution in [0.2, 0.25) is 5.02 Å². The van der Waals surface area contributed by atoms with Crippen LogP contribution in [0.1, 0.15) is 5.56 Å². The van der Waals surface area contributed by atoms with Crippen LogP contribution in [0.3, 0.4) is 0 Å². The van der Waals surface area contributed by atoms with E-state index in [4.69, 9.17) is 11.6 Å². The zero-order chi connectivity index (χ0) is 13.0. The molecule has 0 aliphatic rings. The SMILES string of the molecule is CNCc1ccc(Sc2ccccc2Cl)c(Br)c1. The Morgan fingerprint density at radius 1 is 1.17 bits per heavy atom. The topological polar surface area (TPSA) is 12.0 Å². The highest BCUT2D eigenvalue weighted by molar-refractivity contribution is 9.10. The minimum Gasteiger partial charge on any atom is -0.316 e. The first kappa shape index (κ1) is 13.9. The molecule has 18 heavy (non-hydrogen) atoms. The fraction of sp³-hybridized carbons (Fsp3) is 0.143. The molecule has 0 bridgehead atoms. The lowest BCUT2D eigenvalue weighted by atomic mass is 10.2. The van der Waals surface area contributed by atoms with Crippen LogP contribution in [-0.4, -0.2) is 7.05 Å². The molecule has 1 nitrogen and oxygen atoms in total. The number of hydrogen-bond donors (Lipinski definition) is 1. The maximum Gasteiger partial charge on any atom is 0.0545 e. The van der Waals surface area contributed by atoms with E-state index in [0.717, 1.165) is 20.9 Å². The monoisotopic (exact) mass is 341 g/mol. The molecule has 0 aliphatic heterocycles. The first-order valence-corrected chi connectivity index (χ1v) is 7.55. The lowest BCUT2D eigenvalue weighted by Gasteiger charge is -2.08.